The lowest BCUT2D eigenvalue weighted by atomic mass is 10.4. The van der Waals surface area contributed by atoms with Gasteiger partial charge in [-0.1, -0.05) is 0 Å². The van der Waals surface area contributed by atoms with Gasteiger partial charge in [-0.15, -0.1) is 11.3 Å². The summed E-state index contributed by atoms with van der Waals surface area (Å²) in [6.07, 6.45) is 2.75. The van der Waals surface area contributed by atoms with Crippen molar-refractivity contribution in [3.63, 3.8) is 0 Å². The highest BCUT2D eigenvalue weighted by molar-refractivity contribution is 7.09. The summed E-state index contributed by atoms with van der Waals surface area (Å²) in [5, 5.41) is 13.8. The second-order valence-corrected chi connectivity index (χ2v) is 5.37. The van der Waals surface area contributed by atoms with Crippen LogP contribution in [0.2, 0.25) is 0 Å². The molecular formula is C12H17N3O3S. The molecule has 1 aromatic heterocycles. The molecule has 0 saturated heterocycles. The summed E-state index contributed by atoms with van der Waals surface area (Å²) in [5.74, 6) is -1.02. The molecule has 1 heterocycles. The first-order valence-corrected chi connectivity index (χ1v) is 7.22. The molecular weight excluding hydrogens is 266 g/mol. The van der Waals surface area contributed by atoms with Crippen LogP contribution in [0.25, 0.3) is 0 Å². The Kier molecular flexibility index (Phi) is 4.36. The standard InChI is InChI=1S/C12H17N3O3S/c1-2-15(8-3-4-8)12(18)13-6-5-10-14-9(7-19-10)11(16)17/h7-8H,2-6H2,1H3,(H,13,18)(H,16,17). The Morgan fingerprint density at radius 3 is 2.84 bits per heavy atom. The van der Waals surface area contributed by atoms with Crippen LogP contribution in [0.3, 0.4) is 0 Å². The summed E-state index contributed by atoms with van der Waals surface area (Å²) < 4.78 is 0. The maximum absolute atomic E-state index is 11.9. The maximum Gasteiger partial charge on any atom is 0.355 e. The number of aromatic nitrogens is 1. The minimum atomic E-state index is -1.02. The van der Waals surface area contributed by atoms with E-state index in [4.69, 9.17) is 5.11 Å². The lowest BCUT2D eigenvalue weighted by Gasteiger charge is -2.20. The number of carboxylic acids is 1. The van der Waals surface area contributed by atoms with Crippen molar-refractivity contribution >= 4 is 23.3 Å². The van der Waals surface area contributed by atoms with Crippen LogP contribution in [0.4, 0.5) is 4.79 Å². The van der Waals surface area contributed by atoms with E-state index in [1.54, 1.807) is 0 Å². The number of nitrogens with zero attached hydrogens (tertiary/aromatic N) is 2. The van der Waals surface area contributed by atoms with Crippen molar-refractivity contribution in [3.05, 3.63) is 16.1 Å². The van der Waals surface area contributed by atoms with Gasteiger partial charge in [0, 0.05) is 30.9 Å². The number of urea groups is 1. The molecule has 2 N–H and O–H groups in total. The van der Waals surface area contributed by atoms with Crippen molar-refractivity contribution in [1.82, 2.24) is 15.2 Å². The summed E-state index contributed by atoms with van der Waals surface area (Å²) in [6.45, 7) is 3.17. The van der Waals surface area contributed by atoms with Crippen LogP contribution in [0.1, 0.15) is 35.3 Å². The number of carbonyl (C=O) groups excluding carboxylic acids is 1. The van der Waals surface area contributed by atoms with Crippen LogP contribution < -0.4 is 5.32 Å². The highest BCUT2D eigenvalue weighted by Crippen LogP contribution is 2.26. The van der Waals surface area contributed by atoms with E-state index >= 15 is 0 Å². The predicted octanol–water partition coefficient (Wildman–Crippen LogP) is 1.58. The van der Waals surface area contributed by atoms with Crippen molar-refractivity contribution in [2.45, 2.75) is 32.2 Å². The topological polar surface area (TPSA) is 82.5 Å². The van der Waals surface area contributed by atoms with E-state index in [9.17, 15) is 9.59 Å². The Morgan fingerprint density at radius 1 is 1.58 bits per heavy atom. The van der Waals surface area contributed by atoms with Crippen molar-refractivity contribution in [3.8, 4) is 0 Å². The maximum atomic E-state index is 11.9. The molecule has 2 rings (SSSR count). The van der Waals surface area contributed by atoms with Crippen molar-refractivity contribution < 1.29 is 14.7 Å². The molecule has 6 nitrogen and oxygen atoms in total. The summed E-state index contributed by atoms with van der Waals surface area (Å²) in [5.41, 5.74) is 0.0690. The van der Waals surface area contributed by atoms with Crippen LogP contribution in [-0.4, -0.2) is 46.1 Å². The van der Waals surface area contributed by atoms with Crippen molar-refractivity contribution in [1.29, 1.82) is 0 Å². The Bertz CT molecular complexity index is 471. The predicted molar refractivity (Wildman–Crippen MR) is 71.6 cm³/mol. The molecule has 0 spiro atoms. The Morgan fingerprint density at radius 2 is 2.32 bits per heavy atom. The minimum Gasteiger partial charge on any atom is -0.476 e. The summed E-state index contributed by atoms with van der Waals surface area (Å²) >= 11 is 1.31. The van der Waals surface area contributed by atoms with Gasteiger partial charge in [0.2, 0.25) is 0 Å². The first-order chi connectivity index (χ1) is 9.11. The molecule has 0 unspecified atom stereocenters. The largest absolute Gasteiger partial charge is 0.476 e. The summed E-state index contributed by atoms with van der Waals surface area (Å²) in [7, 11) is 0. The molecule has 0 aliphatic heterocycles. The fourth-order valence-electron chi connectivity index (χ4n) is 1.86. The van der Waals surface area contributed by atoms with Gasteiger partial charge in [0.05, 0.1) is 5.01 Å². The molecule has 2 amide bonds. The highest BCUT2D eigenvalue weighted by atomic mass is 32.1. The number of aromatic carboxylic acids is 1. The summed E-state index contributed by atoms with van der Waals surface area (Å²) in [4.78, 5) is 28.3. The van der Waals surface area contributed by atoms with Crippen molar-refractivity contribution in [2.75, 3.05) is 13.1 Å². The van der Waals surface area contributed by atoms with E-state index < -0.39 is 5.97 Å². The zero-order valence-electron chi connectivity index (χ0n) is 10.8. The van der Waals surface area contributed by atoms with Crippen LogP contribution >= 0.6 is 11.3 Å². The van der Waals surface area contributed by atoms with Gasteiger partial charge in [0.25, 0.3) is 0 Å². The Balaban J connectivity index is 1.76. The van der Waals surface area contributed by atoms with Crippen LogP contribution in [0.5, 0.6) is 0 Å². The lowest BCUT2D eigenvalue weighted by molar-refractivity contribution is 0.0691. The molecule has 0 aromatic carbocycles. The molecule has 1 aliphatic rings. The number of rotatable bonds is 6. The second-order valence-electron chi connectivity index (χ2n) is 4.43. The van der Waals surface area contributed by atoms with E-state index in [1.165, 1.54) is 16.7 Å². The van der Waals surface area contributed by atoms with E-state index in [1.807, 2.05) is 11.8 Å². The molecule has 19 heavy (non-hydrogen) atoms. The number of carboxylic acid groups (broad SMARTS) is 1. The molecule has 1 fully saturated rings. The fourth-order valence-corrected chi connectivity index (χ4v) is 2.63. The number of amides is 2. The van der Waals surface area contributed by atoms with E-state index in [2.05, 4.69) is 10.3 Å². The van der Waals surface area contributed by atoms with E-state index in [0.29, 0.717) is 19.0 Å². The third-order valence-electron chi connectivity index (χ3n) is 2.98. The van der Waals surface area contributed by atoms with Gasteiger partial charge >= 0.3 is 12.0 Å². The minimum absolute atomic E-state index is 0.0417. The first-order valence-electron chi connectivity index (χ1n) is 6.34. The molecule has 1 aromatic rings. The van der Waals surface area contributed by atoms with Crippen LogP contribution in [0, 0.1) is 0 Å². The molecule has 7 heteroatoms. The Hall–Kier alpha value is -1.63. The second kappa shape index (κ2) is 6.01. The van der Waals surface area contributed by atoms with Gasteiger partial charge in [0.1, 0.15) is 0 Å². The fraction of sp³-hybridized carbons (Fsp3) is 0.583. The molecule has 0 bridgehead atoms. The lowest BCUT2D eigenvalue weighted by Crippen LogP contribution is -2.41. The van der Waals surface area contributed by atoms with Gasteiger partial charge in [-0.3, -0.25) is 0 Å². The van der Waals surface area contributed by atoms with Gasteiger partial charge in [-0.2, -0.15) is 0 Å². The van der Waals surface area contributed by atoms with Crippen molar-refractivity contribution in [2.24, 2.45) is 0 Å². The molecule has 1 aliphatic carbocycles. The number of carbonyl (C=O) groups is 2. The van der Waals surface area contributed by atoms with E-state index in [-0.39, 0.29) is 11.7 Å². The number of hydrogen-bond donors (Lipinski definition) is 2. The van der Waals surface area contributed by atoms with Gasteiger partial charge in [-0.25, -0.2) is 14.6 Å². The highest BCUT2D eigenvalue weighted by Gasteiger charge is 2.31. The molecule has 104 valence electrons. The van der Waals surface area contributed by atoms with Gasteiger partial charge in [-0.05, 0) is 19.8 Å². The average molecular weight is 283 g/mol. The Labute approximate surface area is 115 Å². The van der Waals surface area contributed by atoms with E-state index in [0.717, 1.165) is 24.4 Å². The summed E-state index contributed by atoms with van der Waals surface area (Å²) in [6, 6.07) is 0.364. The smallest absolute Gasteiger partial charge is 0.355 e. The first kappa shape index (κ1) is 13.8. The third-order valence-corrected chi connectivity index (χ3v) is 3.88. The number of hydrogen-bond acceptors (Lipinski definition) is 4. The number of thiazole rings is 1. The van der Waals surface area contributed by atoms with Gasteiger partial charge in [0.15, 0.2) is 5.69 Å². The molecule has 1 saturated carbocycles. The van der Waals surface area contributed by atoms with Crippen LogP contribution in [-0.2, 0) is 6.42 Å². The SMILES string of the molecule is CCN(C(=O)NCCc1nc(C(=O)O)cs1)C1CC1. The quantitative estimate of drug-likeness (QED) is 0.830. The zero-order valence-corrected chi connectivity index (χ0v) is 11.6. The molecule has 0 radical (unpaired) electrons. The average Bonchev–Trinajstić information content (AvgIpc) is 3.07. The van der Waals surface area contributed by atoms with Gasteiger partial charge < -0.3 is 15.3 Å². The number of nitrogens with one attached hydrogen (secondary N) is 1. The molecule has 0 atom stereocenters. The third kappa shape index (κ3) is 3.66. The normalized spacial score (nSPS) is 14.2. The monoisotopic (exact) mass is 283 g/mol. The zero-order chi connectivity index (χ0) is 13.8. The van der Waals surface area contributed by atoms with Crippen LogP contribution in [0.15, 0.2) is 5.38 Å².